The fourth-order valence-electron chi connectivity index (χ4n) is 2.16. The van der Waals surface area contributed by atoms with E-state index in [1.165, 1.54) is 14.2 Å². The fraction of sp³-hybridized carbons (Fsp3) is 0.389. The van der Waals surface area contributed by atoms with Crippen molar-refractivity contribution < 1.29 is 28.6 Å². The maximum atomic E-state index is 12.4. The van der Waals surface area contributed by atoms with Crippen LogP contribution in [0.1, 0.15) is 19.4 Å². The molecule has 1 saturated heterocycles. The number of carbonyl (C=O) groups is 3. The zero-order chi connectivity index (χ0) is 19.3. The second-order valence-electron chi connectivity index (χ2n) is 5.96. The minimum Gasteiger partial charge on any atom is -0.493 e. The molecule has 0 radical (unpaired) electrons. The minimum absolute atomic E-state index is 0.179. The Morgan fingerprint density at radius 3 is 2.50 bits per heavy atom. The number of hydrogen-bond donors (Lipinski definition) is 0. The lowest BCUT2D eigenvalue weighted by atomic mass is 10.2. The van der Waals surface area contributed by atoms with Crippen LogP contribution in [0.3, 0.4) is 0 Å². The molecule has 8 heteroatoms. The van der Waals surface area contributed by atoms with E-state index in [1.807, 2.05) is 13.8 Å². The van der Waals surface area contributed by atoms with E-state index in [1.54, 1.807) is 24.3 Å². The highest BCUT2D eigenvalue weighted by Gasteiger charge is 2.36. The Balaban J connectivity index is 2.12. The van der Waals surface area contributed by atoms with E-state index >= 15 is 0 Å². The Hall–Kier alpha value is -2.48. The van der Waals surface area contributed by atoms with E-state index in [-0.39, 0.29) is 24.0 Å². The normalized spacial score (nSPS) is 15.7. The molecule has 0 unspecified atom stereocenters. The van der Waals surface area contributed by atoms with Gasteiger partial charge in [-0.25, -0.2) is 0 Å². The molecule has 1 aromatic rings. The van der Waals surface area contributed by atoms with Gasteiger partial charge in [-0.15, -0.1) is 0 Å². The molecular weight excluding hydrogens is 358 g/mol. The van der Waals surface area contributed by atoms with Gasteiger partial charge in [-0.2, -0.15) is 0 Å². The van der Waals surface area contributed by atoms with Gasteiger partial charge in [0.2, 0.25) is 0 Å². The molecule has 0 aromatic heterocycles. The highest BCUT2D eigenvalue weighted by Crippen LogP contribution is 2.34. The Kier molecular flexibility index (Phi) is 6.68. The topological polar surface area (TPSA) is 82.1 Å². The molecule has 140 valence electrons. The van der Waals surface area contributed by atoms with Crippen LogP contribution in [0.15, 0.2) is 23.1 Å². The highest BCUT2D eigenvalue weighted by molar-refractivity contribution is 8.18. The molecule has 0 saturated carbocycles. The van der Waals surface area contributed by atoms with Crippen LogP contribution in [0.25, 0.3) is 6.08 Å². The molecule has 2 rings (SSSR count). The summed E-state index contributed by atoms with van der Waals surface area (Å²) in [5.74, 6) is 0.131. The number of hydrogen-bond acceptors (Lipinski definition) is 7. The van der Waals surface area contributed by atoms with Gasteiger partial charge >= 0.3 is 5.97 Å². The average molecular weight is 379 g/mol. The Labute approximate surface area is 156 Å². The third-order valence-corrected chi connectivity index (χ3v) is 4.35. The molecule has 0 N–H and O–H groups in total. The first-order valence-electron chi connectivity index (χ1n) is 7.98. The van der Waals surface area contributed by atoms with Crippen LogP contribution >= 0.6 is 11.8 Å². The third kappa shape index (κ3) is 4.78. The number of ether oxygens (including phenoxy) is 3. The molecule has 2 amide bonds. The zero-order valence-electron chi connectivity index (χ0n) is 15.1. The summed E-state index contributed by atoms with van der Waals surface area (Å²) in [7, 11) is 3.04. The van der Waals surface area contributed by atoms with E-state index in [0.29, 0.717) is 17.1 Å². The second kappa shape index (κ2) is 8.75. The summed E-state index contributed by atoms with van der Waals surface area (Å²) >= 11 is 0.785. The first-order chi connectivity index (χ1) is 12.3. The first-order valence-corrected chi connectivity index (χ1v) is 8.80. The van der Waals surface area contributed by atoms with Gasteiger partial charge < -0.3 is 14.2 Å². The van der Waals surface area contributed by atoms with Crippen molar-refractivity contribution in [2.45, 2.75) is 13.8 Å². The van der Waals surface area contributed by atoms with Gasteiger partial charge in [-0.05, 0) is 41.5 Å². The van der Waals surface area contributed by atoms with E-state index in [2.05, 4.69) is 0 Å². The van der Waals surface area contributed by atoms with Crippen molar-refractivity contribution in [3.63, 3.8) is 0 Å². The van der Waals surface area contributed by atoms with Gasteiger partial charge in [0.05, 0.1) is 25.7 Å². The standard InChI is InChI=1S/C18H21NO6S/c1-11(2)10-25-16(20)9-19-17(21)15(26-18(19)22)8-12-5-6-13(23-3)14(7-12)24-4/h5-8,11H,9-10H2,1-4H3/b15-8+. The minimum atomic E-state index is -0.603. The summed E-state index contributed by atoms with van der Waals surface area (Å²) in [6.45, 7) is 3.66. The molecule has 1 aliphatic heterocycles. The molecule has 1 aliphatic rings. The second-order valence-corrected chi connectivity index (χ2v) is 6.95. The van der Waals surface area contributed by atoms with Gasteiger partial charge in [-0.3, -0.25) is 19.3 Å². The number of nitrogens with zero attached hydrogens (tertiary/aromatic N) is 1. The molecule has 7 nitrogen and oxygen atoms in total. The van der Waals surface area contributed by atoms with Gasteiger partial charge in [0.1, 0.15) is 6.54 Å². The molecule has 1 aromatic carbocycles. The fourth-order valence-corrected chi connectivity index (χ4v) is 3.00. The Bertz CT molecular complexity index is 743. The SMILES string of the molecule is COc1ccc(/C=C2/SC(=O)N(CC(=O)OCC(C)C)C2=O)cc1OC. The molecule has 0 bridgehead atoms. The molecule has 26 heavy (non-hydrogen) atoms. The van der Waals surface area contributed by atoms with E-state index in [4.69, 9.17) is 14.2 Å². The number of rotatable bonds is 7. The number of methoxy groups -OCH3 is 2. The molecule has 0 spiro atoms. The maximum Gasteiger partial charge on any atom is 0.326 e. The van der Waals surface area contributed by atoms with Crippen molar-refractivity contribution in [1.82, 2.24) is 4.90 Å². The van der Waals surface area contributed by atoms with Crippen molar-refractivity contribution in [1.29, 1.82) is 0 Å². The van der Waals surface area contributed by atoms with Crippen molar-refractivity contribution in [2.75, 3.05) is 27.4 Å². The van der Waals surface area contributed by atoms with Crippen LogP contribution in [0.5, 0.6) is 11.5 Å². The lowest BCUT2D eigenvalue weighted by Crippen LogP contribution is -2.34. The predicted molar refractivity (Wildman–Crippen MR) is 98.0 cm³/mol. The summed E-state index contributed by atoms with van der Waals surface area (Å²) in [5, 5.41) is -0.497. The molecular formula is C18H21NO6S. The zero-order valence-corrected chi connectivity index (χ0v) is 15.9. The lowest BCUT2D eigenvalue weighted by Gasteiger charge is -2.12. The van der Waals surface area contributed by atoms with Gasteiger partial charge in [-0.1, -0.05) is 19.9 Å². The van der Waals surface area contributed by atoms with E-state index in [9.17, 15) is 14.4 Å². The monoisotopic (exact) mass is 379 g/mol. The highest BCUT2D eigenvalue weighted by atomic mass is 32.2. The van der Waals surface area contributed by atoms with Crippen LogP contribution < -0.4 is 9.47 Å². The Morgan fingerprint density at radius 1 is 1.19 bits per heavy atom. The first kappa shape index (κ1) is 19.8. The van der Waals surface area contributed by atoms with Gasteiger partial charge in [0, 0.05) is 0 Å². The summed E-state index contributed by atoms with van der Waals surface area (Å²) in [6, 6.07) is 5.15. The summed E-state index contributed by atoms with van der Waals surface area (Å²) in [5.41, 5.74) is 0.676. The number of imide groups is 1. The third-order valence-electron chi connectivity index (χ3n) is 3.44. The van der Waals surface area contributed by atoms with Crippen molar-refractivity contribution in [2.24, 2.45) is 5.92 Å². The van der Waals surface area contributed by atoms with Crippen molar-refractivity contribution in [3.8, 4) is 11.5 Å². The molecule has 0 aliphatic carbocycles. The quantitative estimate of drug-likeness (QED) is 0.532. The molecule has 0 atom stereocenters. The molecule has 1 heterocycles. The lowest BCUT2D eigenvalue weighted by molar-refractivity contribution is -0.147. The Morgan fingerprint density at radius 2 is 1.88 bits per heavy atom. The van der Waals surface area contributed by atoms with Crippen LogP contribution in [0, 0.1) is 5.92 Å². The number of amides is 2. The van der Waals surface area contributed by atoms with Gasteiger partial charge in [0.15, 0.2) is 11.5 Å². The van der Waals surface area contributed by atoms with Gasteiger partial charge in [0.25, 0.3) is 11.1 Å². The van der Waals surface area contributed by atoms with E-state index < -0.39 is 17.1 Å². The van der Waals surface area contributed by atoms with Crippen LogP contribution in [0.2, 0.25) is 0 Å². The number of benzene rings is 1. The van der Waals surface area contributed by atoms with E-state index in [0.717, 1.165) is 16.7 Å². The largest absolute Gasteiger partial charge is 0.493 e. The van der Waals surface area contributed by atoms with Crippen LogP contribution in [0.4, 0.5) is 4.79 Å². The number of esters is 1. The van der Waals surface area contributed by atoms with Crippen molar-refractivity contribution >= 4 is 35.0 Å². The smallest absolute Gasteiger partial charge is 0.326 e. The van der Waals surface area contributed by atoms with Crippen molar-refractivity contribution in [3.05, 3.63) is 28.7 Å². The van der Waals surface area contributed by atoms with Crippen LogP contribution in [-0.2, 0) is 14.3 Å². The molecule has 1 fully saturated rings. The summed E-state index contributed by atoms with van der Waals surface area (Å²) in [6.07, 6.45) is 1.58. The number of thioether (sulfide) groups is 1. The summed E-state index contributed by atoms with van der Waals surface area (Å²) < 4.78 is 15.4. The number of carbonyl (C=O) groups excluding carboxylic acids is 3. The van der Waals surface area contributed by atoms with Crippen LogP contribution in [-0.4, -0.2) is 49.4 Å². The maximum absolute atomic E-state index is 12.4. The predicted octanol–water partition coefficient (Wildman–Crippen LogP) is 2.94. The summed E-state index contributed by atoms with van der Waals surface area (Å²) in [4.78, 5) is 37.4. The average Bonchev–Trinajstić information content (AvgIpc) is 2.87.